The molecule has 2 rings (SSSR count). The summed E-state index contributed by atoms with van der Waals surface area (Å²) in [6, 6.07) is 7.95. The molecule has 0 unspecified atom stereocenters. The molecule has 0 saturated heterocycles. The molecule has 116 valence electrons. The lowest BCUT2D eigenvalue weighted by molar-refractivity contribution is 0.0697. The summed E-state index contributed by atoms with van der Waals surface area (Å²) >= 11 is 6.01. The molecule has 0 aliphatic heterocycles. The van der Waals surface area contributed by atoms with Gasteiger partial charge in [-0.1, -0.05) is 23.7 Å². The maximum Gasteiger partial charge on any atom is 0.335 e. The number of carboxylic acid groups (broad SMARTS) is 1. The first-order valence-corrected chi connectivity index (χ1v) is 8.25. The third kappa shape index (κ3) is 3.75. The Morgan fingerprint density at radius 2 is 1.91 bits per heavy atom. The molecular weight excluding hydrogens is 333 g/mol. The summed E-state index contributed by atoms with van der Waals surface area (Å²) in [6.07, 6.45) is 0.918. The van der Waals surface area contributed by atoms with Gasteiger partial charge in [-0.15, -0.1) is 0 Å². The molecule has 2 N–H and O–H groups in total. The normalized spacial score (nSPS) is 11.2. The van der Waals surface area contributed by atoms with Gasteiger partial charge in [-0.2, -0.15) is 0 Å². The SMILES string of the molecule is CS(=O)(=O)Nc1ccc(-c2ccc(C(=O)O)cc2Cl)cc1F. The van der Waals surface area contributed by atoms with Crippen LogP contribution in [-0.2, 0) is 10.0 Å². The van der Waals surface area contributed by atoms with Crippen LogP contribution in [0.2, 0.25) is 5.02 Å². The van der Waals surface area contributed by atoms with Crippen LogP contribution in [-0.4, -0.2) is 25.7 Å². The molecule has 0 spiro atoms. The van der Waals surface area contributed by atoms with E-state index in [2.05, 4.69) is 4.72 Å². The van der Waals surface area contributed by atoms with Gasteiger partial charge in [-0.3, -0.25) is 4.72 Å². The number of carboxylic acids is 1. The third-order valence-electron chi connectivity index (χ3n) is 2.79. The van der Waals surface area contributed by atoms with Gasteiger partial charge in [0, 0.05) is 10.6 Å². The molecule has 0 aliphatic rings. The molecule has 0 amide bonds. The fourth-order valence-electron chi connectivity index (χ4n) is 1.85. The second-order valence-electron chi connectivity index (χ2n) is 4.57. The molecule has 5 nitrogen and oxygen atoms in total. The first-order valence-electron chi connectivity index (χ1n) is 5.98. The van der Waals surface area contributed by atoms with Crippen molar-refractivity contribution in [3.05, 3.63) is 52.8 Å². The van der Waals surface area contributed by atoms with E-state index >= 15 is 0 Å². The van der Waals surface area contributed by atoms with Crippen molar-refractivity contribution in [1.82, 2.24) is 0 Å². The van der Waals surface area contributed by atoms with Gasteiger partial charge in [0.25, 0.3) is 0 Å². The highest BCUT2D eigenvalue weighted by atomic mass is 35.5. The Kier molecular flexibility index (Phi) is 4.39. The fraction of sp³-hybridized carbons (Fsp3) is 0.0714. The van der Waals surface area contributed by atoms with Crippen LogP contribution in [0.1, 0.15) is 10.4 Å². The van der Waals surface area contributed by atoms with Crippen molar-refractivity contribution in [1.29, 1.82) is 0 Å². The quantitative estimate of drug-likeness (QED) is 0.892. The van der Waals surface area contributed by atoms with E-state index in [1.165, 1.54) is 30.3 Å². The van der Waals surface area contributed by atoms with Crippen LogP contribution in [0.15, 0.2) is 36.4 Å². The Hall–Kier alpha value is -2.12. The Morgan fingerprint density at radius 1 is 1.23 bits per heavy atom. The van der Waals surface area contributed by atoms with Gasteiger partial charge in [-0.05, 0) is 29.8 Å². The second kappa shape index (κ2) is 5.94. The Bertz CT molecular complexity index is 852. The molecule has 0 atom stereocenters. The molecule has 2 aromatic carbocycles. The minimum Gasteiger partial charge on any atom is -0.478 e. The van der Waals surface area contributed by atoms with Gasteiger partial charge >= 0.3 is 5.97 Å². The van der Waals surface area contributed by atoms with Crippen LogP contribution in [0.25, 0.3) is 11.1 Å². The predicted molar refractivity (Wildman–Crippen MR) is 82.3 cm³/mol. The second-order valence-corrected chi connectivity index (χ2v) is 6.72. The maximum absolute atomic E-state index is 13.9. The van der Waals surface area contributed by atoms with E-state index in [-0.39, 0.29) is 16.3 Å². The average molecular weight is 344 g/mol. The van der Waals surface area contributed by atoms with Gasteiger partial charge in [0.05, 0.1) is 17.5 Å². The molecule has 2 aromatic rings. The van der Waals surface area contributed by atoms with Crippen molar-refractivity contribution in [3.63, 3.8) is 0 Å². The van der Waals surface area contributed by atoms with E-state index in [1.807, 2.05) is 0 Å². The van der Waals surface area contributed by atoms with Crippen molar-refractivity contribution in [2.24, 2.45) is 0 Å². The monoisotopic (exact) mass is 343 g/mol. The van der Waals surface area contributed by atoms with Crippen LogP contribution in [0.4, 0.5) is 10.1 Å². The number of halogens is 2. The number of hydrogen-bond acceptors (Lipinski definition) is 3. The van der Waals surface area contributed by atoms with Gasteiger partial charge in [0.2, 0.25) is 10.0 Å². The summed E-state index contributed by atoms with van der Waals surface area (Å²) in [5.74, 6) is -1.88. The summed E-state index contributed by atoms with van der Waals surface area (Å²) in [7, 11) is -3.58. The Balaban J connectivity index is 2.42. The lowest BCUT2D eigenvalue weighted by atomic mass is 10.0. The van der Waals surface area contributed by atoms with Crippen LogP contribution in [0.3, 0.4) is 0 Å². The Morgan fingerprint density at radius 3 is 2.41 bits per heavy atom. The summed E-state index contributed by atoms with van der Waals surface area (Å²) in [5, 5.41) is 9.03. The molecule has 0 bridgehead atoms. The van der Waals surface area contributed by atoms with Crippen LogP contribution in [0.5, 0.6) is 0 Å². The molecule has 0 heterocycles. The molecule has 0 aliphatic carbocycles. The lowest BCUT2D eigenvalue weighted by Crippen LogP contribution is -2.10. The highest BCUT2D eigenvalue weighted by Crippen LogP contribution is 2.31. The van der Waals surface area contributed by atoms with Gasteiger partial charge in [0.1, 0.15) is 5.82 Å². The zero-order valence-corrected chi connectivity index (χ0v) is 12.9. The topological polar surface area (TPSA) is 83.5 Å². The minimum atomic E-state index is -3.58. The number of aromatic carboxylic acids is 1. The van der Waals surface area contributed by atoms with E-state index in [0.717, 1.165) is 12.3 Å². The van der Waals surface area contributed by atoms with Gasteiger partial charge in [0.15, 0.2) is 0 Å². The molecule has 0 aromatic heterocycles. The van der Waals surface area contributed by atoms with E-state index in [1.54, 1.807) is 0 Å². The van der Waals surface area contributed by atoms with Crippen LogP contribution < -0.4 is 4.72 Å². The van der Waals surface area contributed by atoms with Crippen molar-refractivity contribution < 1.29 is 22.7 Å². The van der Waals surface area contributed by atoms with E-state index in [9.17, 15) is 17.6 Å². The zero-order chi connectivity index (χ0) is 16.5. The fourth-order valence-corrected chi connectivity index (χ4v) is 2.70. The molecule has 22 heavy (non-hydrogen) atoms. The van der Waals surface area contributed by atoms with E-state index < -0.39 is 21.8 Å². The third-order valence-corrected chi connectivity index (χ3v) is 3.69. The average Bonchev–Trinajstić information content (AvgIpc) is 2.39. The summed E-state index contributed by atoms with van der Waals surface area (Å²) in [4.78, 5) is 10.8. The Labute approximate surface area is 131 Å². The number of benzene rings is 2. The predicted octanol–water partition coefficient (Wildman–Crippen LogP) is 3.22. The summed E-state index contributed by atoms with van der Waals surface area (Å²) in [5.41, 5.74) is 0.684. The molecule has 0 fully saturated rings. The van der Waals surface area contributed by atoms with E-state index in [0.29, 0.717) is 11.1 Å². The number of rotatable bonds is 4. The molecule has 0 saturated carbocycles. The number of hydrogen-bond donors (Lipinski definition) is 2. The van der Waals surface area contributed by atoms with Crippen molar-refractivity contribution in [2.75, 3.05) is 11.0 Å². The first kappa shape index (κ1) is 16.3. The first-order chi connectivity index (χ1) is 10.2. The van der Waals surface area contributed by atoms with Crippen molar-refractivity contribution in [2.45, 2.75) is 0 Å². The summed E-state index contributed by atoms with van der Waals surface area (Å²) < 4.78 is 38.2. The molecule has 8 heteroatoms. The van der Waals surface area contributed by atoms with Crippen molar-refractivity contribution in [3.8, 4) is 11.1 Å². The standard InChI is InChI=1S/C14H11ClFNO4S/c1-22(20,21)17-13-5-3-8(7-12(13)16)10-4-2-9(14(18)19)6-11(10)15/h2-7,17H,1H3,(H,18,19). The van der Waals surface area contributed by atoms with Gasteiger partial charge in [-0.25, -0.2) is 17.6 Å². The van der Waals surface area contributed by atoms with E-state index in [4.69, 9.17) is 16.7 Å². The molecule has 0 radical (unpaired) electrons. The lowest BCUT2D eigenvalue weighted by Gasteiger charge is -2.09. The smallest absolute Gasteiger partial charge is 0.335 e. The van der Waals surface area contributed by atoms with Crippen molar-refractivity contribution >= 4 is 33.3 Å². The number of sulfonamides is 1. The number of nitrogens with one attached hydrogen (secondary N) is 1. The highest BCUT2D eigenvalue weighted by molar-refractivity contribution is 7.92. The highest BCUT2D eigenvalue weighted by Gasteiger charge is 2.12. The van der Waals surface area contributed by atoms with Crippen LogP contribution >= 0.6 is 11.6 Å². The largest absolute Gasteiger partial charge is 0.478 e. The van der Waals surface area contributed by atoms with Crippen LogP contribution in [0, 0.1) is 5.82 Å². The molecular formula is C14H11ClFNO4S. The number of anilines is 1. The van der Waals surface area contributed by atoms with Gasteiger partial charge < -0.3 is 5.11 Å². The minimum absolute atomic E-state index is 0.0181. The maximum atomic E-state index is 13.9. The summed E-state index contributed by atoms with van der Waals surface area (Å²) in [6.45, 7) is 0. The number of carbonyl (C=O) groups is 1. The zero-order valence-electron chi connectivity index (χ0n) is 11.3.